The minimum Gasteiger partial charge on any atom is -0.311 e. The molecule has 4 fully saturated rings. The zero-order chi connectivity index (χ0) is 12.9. The quantitative estimate of drug-likeness (QED) is 0.909. The lowest BCUT2D eigenvalue weighted by molar-refractivity contribution is -0.0192. The normalized spacial score (nSPS) is 39.9. The second-order valence-electron chi connectivity index (χ2n) is 7.24. The standard InChI is InChI=1S/C16H24N2S/c1-11-15(19-10-17-11)2-3-18-16-7-12-4-13(8-16)6-14(5-12)9-16/h10,12-14,18H,2-9H2,1H3. The Labute approximate surface area is 120 Å². The maximum atomic E-state index is 4.35. The molecule has 0 atom stereocenters. The molecule has 4 bridgehead atoms. The summed E-state index contributed by atoms with van der Waals surface area (Å²) in [6.45, 7) is 3.28. The molecule has 3 heteroatoms. The molecule has 0 unspecified atom stereocenters. The van der Waals surface area contributed by atoms with Crippen molar-refractivity contribution in [2.75, 3.05) is 6.54 Å². The number of nitrogens with one attached hydrogen (secondary N) is 1. The van der Waals surface area contributed by atoms with E-state index in [1.54, 1.807) is 0 Å². The number of hydrogen-bond acceptors (Lipinski definition) is 3. The molecular weight excluding hydrogens is 252 g/mol. The Kier molecular flexibility index (Phi) is 2.96. The van der Waals surface area contributed by atoms with Crippen LogP contribution in [0.15, 0.2) is 5.51 Å². The van der Waals surface area contributed by atoms with Crippen molar-refractivity contribution < 1.29 is 0 Å². The van der Waals surface area contributed by atoms with Crippen LogP contribution < -0.4 is 5.32 Å². The molecule has 0 radical (unpaired) electrons. The van der Waals surface area contributed by atoms with Crippen molar-refractivity contribution in [2.45, 2.75) is 57.4 Å². The maximum absolute atomic E-state index is 4.35. The Morgan fingerprint density at radius 2 is 1.84 bits per heavy atom. The van der Waals surface area contributed by atoms with Crippen LogP contribution in [0, 0.1) is 24.7 Å². The molecule has 4 aliphatic rings. The third-order valence-corrected chi connectivity index (χ3v) is 6.73. The lowest BCUT2D eigenvalue weighted by Gasteiger charge is -2.57. The van der Waals surface area contributed by atoms with Crippen LogP contribution in [-0.4, -0.2) is 17.1 Å². The fraction of sp³-hybridized carbons (Fsp3) is 0.812. The van der Waals surface area contributed by atoms with Gasteiger partial charge in [-0.3, -0.25) is 0 Å². The van der Waals surface area contributed by atoms with Crippen LogP contribution in [-0.2, 0) is 6.42 Å². The fourth-order valence-electron chi connectivity index (χ4n) is 5.33. The molecule has 1 aromatic heterocycles. The van der Waals surface area contributed by atoms with E-state index in [1.807, 2.05) is 16.8 Å². The van der Waals surface area contributed by atoms with Crippen molar-refractivity contribution >= 4 is 11.3 Å². The molecule has 1 aromatic rings. The highest BCUT2D eigenvalue weighted by Crippen LogP contribution is 2.55. The van der Waals surface area contributed by atoms with Crippen molar-refractivity contribution in [3.05, 3.63) is 16.1 Å². The lowest BCUT2D eigenvalue weighted by atomic mass is 9.53. The number of hydrogen-bond donors (Lipinski definition) is 1. The van der Waals surface area contributed by atoms with Crippen molar-refractivity contribution in [2.24, 2.45) is 17.8 Å². The zero-order valence-corrected chi connectivity index (χ0v) is 12.6. The average Bonchev–Trinajstić information content (AvgIpc) is 2.73. The second kappa shape index (κ2) is 4.56. The van der Waals surface area contributed by atoms with Crippen LogP contribution >= 0.6 is 11.3 Å². The van der Waals surface area contributed by atoms with Crippen molar-refractivity contribution in [1.82, 2.24) is 10.3 Å². The van der Waals surface area contributed by atoms with Crippen LogP contribution in [0.5, 0.6) is 0 Å². The summed E-state index contributed by atoms with van der Waals surface area (Å²) in [5.41, 5.74) is 3.74. The van der Waals surface area contributed by atoms with Gasteiger partial charge in [-0.25, -0.2) is 4.98 Å². The van der Waals surface area contributed by atoms with Gasteiger partial charge in [-0.2, -0.15) is 0 Å². The smallest absolute Gasteiger partial charge is 0.0797 e. The van der Waals surface area contributed by atoms with Gasteiger partial charge in [0.25, 0.3) is 0 Å². The van der Waals surface area contributed by atoms with Crippen LogP contribution in [0.1, 0.15) is 49.1 Å². The summed E-state index contributed by atoms with van der Waals surface area (Å²) in [5.74, 6) is 3.14. The Balaban J connectivity index is 1.39. The summed E-state index contributed by atoms with van der Waals surface area (Å²) in [5, 5.41) is 3.97. The number of rotatable bonds is 4. The van der Waals surface area contributed by atoms with Gasteiger partial charge in [-0.05, 0) is 69.6 Å². The minimum atomic E-state index is 0.521. The van der Waals surface area contributed by atoms with Gasteiger partial charge in [0.1, 0.15) is 0 Å². The molecule has 0 amide bonds. The van der Waals surface area contributed by atoms with Gasteiger partial charge in [-0.15, -0.1) is 11.3 Å². The third kappa shape index (κ3) is 2.25. The van der Waals surface area contributed by atoms with Crippen LogP contribution in [0.2, 0.25) is 0 Å². The van der Waals surface area contributed by atoms with E-state index in [0.29, 0.717) is 5.54 Å². The first kappa shape index (κ1) is 12.3. The highest BCUT2D eigenvalue weighted by atomic mass is 32.1. The second-order valence-corrected chi connectivity index (χ2v) is 8.17. The maximum Gasteiger partial charge on any atom is 0.0797 e. The summed E-state index contributed by atoms with van der Waals surface area (Å²) < 4.78 is 0. The first-order valence-electron chi connectivity index (χ1n) is 7.86. The molecule has 19 heavy (non-hydrogen) atoms. The zero-order valence-electron chi connectivity index (χ0n) is 11.8. The fourth-order valence-corrected chi connectivity index (χ4v) is 6.12. The van der Waals surface area contributed by atoms with E-state index < -0.39 is 0 Å². The Morgan fingerprint density at radius 3 is 2.37 bits per heavy atom. The topological polar surface area (TPSA) is 24.9 Å². The van der Waals surface area contributed by atoms with E-state index >= 15 is 0 Å². The molecule has 0 aromatic carbocycles. The van der Waals surface area contributed by atoms with E-state index in [2.05, 4.69) is 17.2 Å². The SMILES string of the molecule is Cc1ncsc1CCNC12CC3CC(CC(C3)C1)C2. The highest BCUT2D eigenvalue weighted by molar-refractivity contribution is 7.09. The van der Waals surface area contributed by atoms with Gasteiger partial charge in [0.15, 0.2) is 0 Å². The summed E-state index contributed by atoms with van der Waals surface area (Å²) in [4.78, 5) is 5.82. The minimum absolute atomic E-state index is 0.521. The molecule has 4 saturated carbocycles. The van der Waals surface area contributed by atoms with Gasteiger partial charge in [0.2, 0.25) is 0 Å². The Bertz CT molecular complexity index is 430. The molecule has 104 valence electrons. The predicted molar refractivity (Wildman–Crippen MR) is 79.5 cm³/mol. The van der Waals surface area contributed by atoms with Gasteiger partial charge < -0.3 is 5.32 Å². The van der Waals surface area contributed by atoms with E-state index in [9.17, 15) is 0 Å². The molecule has 1 N–H and O–H groups in total. The lowest BCUT2D eigenvalue weighted by Crippen LogP contribution is -2.58. The van der Waals surface area contributed by atoms with Gasteiger partial charge >= 0.3 is 0 Å². The third-order valence-electron chi connectivity index (χ3n) is 5.74. The molecule has 0 spiro atoms. The predicted octanol–water partition coefficient (Wildman–Crippen LogP) is 3.55. The molecular formula is C16H24N2S. The molecule has 2 nitrogen and oxygen atoms in total. The number of aromatic nitrogens is 1. The van der Waals surface area contributed by atoms with Crippen molar-refractivity contribution in [3.63, 3.8) is 0 Å². The summed E-state index contributed by atoms with van der Waals surface area (Å²) in [6.07, 6.45) is 10.2. The molecule has 4 aliphatic carbocycles. The van der Waals surface area contributed by atoms with Crippen molar-refractivity contribution in [1.29, 1.82) is 0 Å². The number of thiazole rings is 1. The van der Waals surface area contributed by atoms with E-state index in [0.717, 1.165) is 30.7 Å². The average molecular weight is 276 g/mol. The summed E-state index contributed by atoms with van der Waals surface area (Å²) in [6, 6.07) is 0. The van der Waals surface area contributed by atoms with Crippen LogP contribution in [0.4, 0.5) is 0 Å². The molecule has 5 rings (SSSR count). The van der Waals surface area contributed by atoms with Crippen LogP contribution in [0.3, 0.4) is 0 Å². The largest absolute Gasteiger partial charge is 0.311 e. The van der Waals surface area contributed by atoms with Crippen LogP contribution in [0.25, 0.3) is 0 Å². The first-order valence-corrected chi connectivity index (χ1v) is 8.74. The Morgan fingerprint density at radius 1 is 1.21 bits per heavy atom. The van der Waals surface area contributed by atoms with Gasteiger partial charge in [-0.1, -0.05) is 0 Å². The van der Waals surface area contributed by atoms with Gasteiger partial charge in [0, 0.05) is 17.0 Å². The first-order chi connectivity index (χ1) is 9.22. The monoisotopic (exact) mass is 276 g/mol. The van der Waals surface area contributed by atoms with Crippen molar-refractivity contribution in [3.8, 4) is 0 Å². The summed E-state index contributed by atoms with van der Waals surface area (Å²) >= 11 is 1.82. The Hall–Kier alpha value is -0.410. The summed E-state index contributed by atoms with van der Waals surface area (Å²) in [7, 11) is 0. The highest BCUT2D eigenvalue weighted by Gasteiger charge is 2.50. The number of aryl methyl sites for hydroxylation is 1. The number of nitrogens with zero attached hydrogens (tertiary/aromatic N) is 1. The van der Waals surface area contributed by atoms with E-state index in [1.165, 1.54) is 49.1 Å². The van der Waals surface area contributed by atoms with E-state index in [-0.39, 0.29) is 0 Å². The molecule has 1 heterocycles. The molecule has 0 aliphatic heterocycles. The van der Waals surface area contributed by atoms with Gasteiger partial charge in [0.05, 0.1) is 11.2 Å². The van der Waals surface area contributed by atoms with E-state index in [4.69, 9.17) is 0 Å². The molecule has 0 saturated heterocycles.